The molecule has 0 aliphatic carbocycles. The molecule has 0 unspecified atom stereocenters. The molecule has 122 valence electrons. The second kappa shape index (κ2) is 7.55. The number of nitrogens with one attached hydrogen (secondary N) is 1. The topological polar surface area (TPSA) is 68.0 Å². The van der Waals surface area contributed by atoms with Crippen LogP contribution in [0.3, 0.4) is 0 Å². The van der Waals surface area contributed by atoms with E-state index in [9.17, 15) is 4.79 Å². The van der Waals surface area contributed by atoms with Crippen LogP contribution in [0.25, 0.3) is 11.5 Å². The van der Waals surface area contributed by atoms with Crippen LogP contribution in [0.15, 0.2) is 59.0 Å². The van der Waals surface area contributed by atoms with Crippen LogP contribution >= 0.6 is 0 Å². The molecule has 0 fully saturated rings. The van der Waals surface area contributed by atoms with Crippen LogP contribution < -0.4 is 5.32 Å². The molecule has 1 heterocycles. The average molecular weight is 321 g/mol. The van der Waals surface area contributed by atoms with Crippen molar-refractivity contribution in [2.75, 3.05) is 5.32 Å². The van der Waals surface area contributed by atoms with E-state index >= 15 is 0 Å². The van der Waals surface area contributed by atoms with Gasteiger partial charge in [-0.05, 0) is 43.2 Å². The van der Waals surface area contributed by atoms with E-state index in [2.05, 4.69) is 15.5 Å². The normalized spacial score (nSPS) is 10.5. The molecule has 5 nitrogen and oxygen atoms in total. The van der Waals surface area contributed by atoms with Crippen molar-refractivity contribution >= 4 is 11.6 Å². The number of rotatable bonds is 6. The van der Waals surface area contributed by atoms with Crippen LogP contribution in [0.4, 0.5) is 5.69 Å². The van der Waals surface area contributed by atoms with Crippen molar-refractivity contribution in [2.45, 2.75) is 26.2 Å². The summed E-state index contributed by atoms with van der Waals surface area (Å²) in [5.41, 5.74) is 2.84. The van der Waals surface area contributed by atoms with Gasteiger partial charge in [-0.15, -0.1) is 10.2 Å². The fraction of sp³-hybridized carbons (Fsp3) is 0.211. The smallest absolute Gasteiger partial charge is 0.247 e. The highest BCUT2D eigenvalue weighted by Gasteiger charge is 2.09. The number of hydrogen-bond donors (Lipinski definition) is 1. The summed E-state index contributed by atoms with van der Waals surface area (Å²) in [6, 6.07) is 17.4. The molecule has 1 N–H and O–H groups in total. The van der Waals surface area contributed by atoms with Crippen molar-refractivity contribution in [3.63, 3.8) is 0 Å². The summed E-state index contributed by atoms with van der Waals surface area (Å²) >= 11 is 0. The molecule has 24 heavy (non-hydrogen) atoms. The quantitative estimate of drug-likeness (QED) is 0.745. The number of benzene rings is 2. The highest BCUT2D eigenvalue weighted by Crippen LogP contribution is 2.18. The van der Waals surface area contributed by atoms with E-state index in [0.717, 1.165) is 16.8 Å². The Bertz CT molecular complexity index is 812. The van der Waals surface area contributed by atoms with Crippen molar-refractivity contribution in [2.24, 2.45) is 0 Å². The maximum Gasteiger partial charge on any atom is 0.247 e. The molecular formula is C19H19N3O2. The Balaban J connectivity index is 1.48. The molecule has 3 aromatic rings. The van der Waals surface area contributed by atoms with Crippen molar-refractivity contribution in [3.8, 4) is 11.5 Å². The summed E-state index contributed by atoms with van der Waals surface area (Å²) in [6.07, 6.45) is 1.66. The van der Waals surface area contributed by atoms with Gasteiger partial charge in [-0.25, -0.2) is 0 Å². The van der Waals surface area contributed by atoms with Gasteiger partial charge in [0.2, 0.25) is 17.7 Å². The summed E-state index contributed by atoms with van der Waals surface area (Å²) in [7, 11) is 0. The SMILES string of the molecule is Cc1cccc(NC(=O)CCCc2nnc(-c3ccccc3)o2)c1. The van der Waals surface area contributed by atoms with E-state index in [1.165, 1.54) is 0 Å². The summed E-state index contributed by atoms with van der Waals surface area (Å²) in [4.78, 5) is 12.0. The fourth-order valence-corrected chi connectivity index (χ4v) is 2.40. The maximum absolute atomic E-state index is 12.0. The maximum atomic E-state index is 12.0. The van der Waals surface area contributed by atoms with E-state index in [4.69, 9.17) is 4.42 Å². The lowest BCUT2D eigenvalue weighted by Gasteiger charge is -2.05. The first-order valence-electron chi connectivity index (χ1n) is 7.95. The van der Waals surface area contributed by atoms with Gasteiger partial charge in [0.05, 0.1) is 0 Å². The zero-order valence-corrected chi connectivity index (χ0v) is 13.5. The number of nitrogens with zero attached hydrogens (tertiary/aromatic N) is 2. The Morgan fingerprint density at radius 2 is 1.92 bits per heavy atom. The molecule has 3 rings (SSSR count). The molecule has 5 heteroatoms. The minimum absolute atomic E-state index is 0.0107. The first kappa shape index (κ1) is 15.9. The van der Waals surface area contributed by atoms with Crippen molar-refractivity contribution in [1.82, 2.24) is 10.2 Å². The second-order valence-corrected chi connectivity index (χ2v) is 5.64. The largest absolute Gasteiger partial charge is 0.421 e. The van der Waals surface area contributed by atoms with Crippen molar-refractivity contribution < 1.29 is 9.21 Å². The molecule has 0 saturated carbocycles. The highest BCUT2D eigenvalue weighted by molar-refractivity contribution is 5.90. The van der Waals surface area contributed by atoms with Gasteiger partial charge in [-0.2, -0.15) is 0 Å². The van der Waals surface area contributed by atoms with E-state index in [-0.39, 0.29) is 5.91 Å². The van der Waals surface area contributed by atoms with Gasteiger partial charge < -0.3 is 9.73 Å². The lowest BCUT2D eigenvalue weighted by Crippen LogP contribution is -2.11. The minimum Gasteiger partial charge on any atom is -0.421 e. The molecule has 0 radical (unpaired) electrons. The first-order valence-corrected chi connectivity index (χ1v) is 7.95. The van der Waals surface area contributed by atoms with Crippen molar-refractivity contribution in [1.29, 1.82) is 0 Å². The van der Waals surface area contributed by atoms with Crippen LogP contribution in [0.1, 0.15) is 24.3 Å². The number of carbonyl (C=O) groups excluding carboxylic acids is 1. The van der Waals surface area contributed by atoms with Gasteiger partial charge in [0.1, 0.15) is 0 Å². The molecule has 0 bridgehead atoms. The molecule has 0 aliphatic rings. The Morgan fingerprint density at radius 1 is 1.08 bits per heavy atom. The third kappa shape index (κ3) is 4.29. The number of anilines is 1. The molecular weight excluding hydrogens is 302 g/mol. The third-order valence-electron chi connectivity index (χ3n) is 3.58. The predicted molar refractivity (Wildman–Crippen MR) is 92.5 cm³/mol. The minimum atomic E-state index is -0.0107. The Hall–Kier alpha value is -2.95. The van der Waals surface area contributed by atoms with E-state index < -0.39 is 0 Å². The number of carbonyl (C=O) groups is 1. The monoisotopic (exact) mass is 321 g/mol. The molecule has 0 spiro atoms. The van der Waals surface area contributed by atoms with Crippen LogP contribution in [-0.4, -0.2) is 16.1 Å². The Labute approximate surface area is 140 Å². The molecule has 2 aromatic carbocycles. The van der Waals surface area contributed by atoms with Gasteiger partial charge >= 0.3 is 0 Å². The van der Waals surface area contributed by atoms with Gasteiger partial charge in [-0.1, -0.05) is 30.3 Å². The number of aryl methyl sites for hydroxylation is 2. The third-order valence-corrected chi connectivity index (χ3v) is 3.58. The van der Waals surface area contributed by atoms with Crippen molar-refractivity contribution in [3.05, 3.63) is 66.1 Å². The zero-order valence-electron chi connectivity index (χ0n) is 13.5. The van der Waals surface area contributed by atoms with Gasteiger partial charge in [0.15, 0.2) is 0 Å². The number of aromatic nitrogens is 2. The molecule has 1 aromatic heterocycles. The van der Waals surface area contributed by atoms with E-state index in [0.29, 0.717) is 31.0 Å². The molecule has 0 saturated heterocycles. The summed E-state index contributed by atoms with van der Waals surface area (Å²) in [6.45, 7) is 2.00. The zero-order chi connectivity index (χ0) is 16.8. The van der Waals surface area contributed by atoms with Crippen LogP contribution in [0.2, 0.25) is 0 Å². The highest BCUT2D eigenvalue weighted by atomic mass is 16.4. The lowest BCUT2D eigenvalue weighted by atomic mass is 10.2. The summed E-state index contributed by atoms with van der Waals surface area (Å²) < 4.78 is 5.63. The Kier molecular flexibility index (Phi) is 5.01. The number of amides is 1. The van der Waals surface area contributed by atoms with Crippen LogP contribution in [-0.2, 0) is 11.2 Å². The first-order chi connectivity index (χ1) is 11.7. The summed E-state index contributed by atoms with van der Waals surface area (Å²) in [5, 5.41) is 11.0. The lowest BCUT2D eigenvalue weighted by molar-refractivity contribution is -0.116. The van der Waals surface area contributed by atoms with Gasteiger partial charge in [0.25, 0.3) is 0 Å². The number of hydrogen-bond acceptors (Lipinski definition) is 4. The Morgan fingerprint density at radius 3 is 2.71 bits per heavy atom. The summed E-state index contributed by atoms with van der Waals surface area (Å²) in [5.74, 6) is 1.05. The fourth-order valence-electron chi connectivity index (χ4n) is 2.40. The van der Waals surface area contributed by atoms with E-state index in [1.54, 1.807) is 0 Å². The molecule has 0 aliphatic heterocycles. The van der Waals surface area contributed by atoms with Gasteiger partial charge in [0, 0.05) is 24.1 Å². The second-order valence-electron chi connectivity index (χ2n) is 5.64. The van der Waals surface area contributed by atoms with Gasteiger partial charge in [-0.3, -0.25) is 4.79 Å². The predicted octanol–water partition coefficient (Wildman–Crippen LogP) is 4.01. The van der Waals surface area contributed by atoms with Crippen LogP contribution in [0, 0.1) is 6.92 Å². The van der Waals surface area contributed by atoms with E-state index in [1.807, 2.05) is 61.5 Å². The molecule has 1 amide bonds. The standard InChI is InChI=1S/C19H19N3O2/c1-14-7-5-10-16(13-14)20-17(23)11-6-12-18-21-22-19(24-18)15-8-3-2-4-9-15/h2-5,7-10,13H,6,11-12H2,1H3,(H,20,23). The molecule has 0 atom stereocenters. The van der Waals surface area contributed by atoms with Crippen LogP contribution in [0.5, 0.6) is 0 Å². The average Bonchev–Trinajstić information content (AvgIpc) is 3.04.